The van der Waals surface area contributed by atoms with Crippen LogP contribution in [0.4, 0.5) is 0 Å². The van der Waals surface area contributed by atoms with E-state index in [1.54, 1.807) is 17.1 Å². The second-order valence-electron chi connectivity index (χ2n) is 10.5. The summed E-state index contributed by atoms with van der Waals surface area (Å²) in [7, 11) is 0. The van der Waals surface area contributed by atoms with Gasteiger partial charge in [-0.25, -0.2) is 0 Å². The molecule has 1 N–H and O–H groups in total. The average Bonchev–Trinajstić information content (AvgIpc) is 3.53. The normalized spacial score (nSPS) is 29.7. The Morgan fingerprint density at radius 2 is 2.03 bits per heavy atom. The zero-order chi connectivity index (χ0) is 28.2. The van der Waals surface area contributed by atoms with Gasteiger partial charge in [0, 0.05) is 17.9 Å². The molecule has 39 heavy (non-hydrogen) atoms. The number of hydrogen-bond donors (Lipinski definition) is 1. The van der Waals surface area contributed by atoms with E-state index in [1.807, 2.05) is 30.3 Å². The Hall–Kier alpha value is -2.49. The first-order chi connectivity index (χ1) is 18.9. The molecule has 0 saturated carbocycles. The van der Waals surface area contributed by atoms with Crippen LogP contribution >= 0.6 is 15.9 Å². The lowest BCUT2D eigenvalue weighted by Crippen LogP contribution is -2.57. The number of esters is 1. The molecule has 7 atom stereocenters. The van der Waals surface area contributed by atoms with Crippen molar-refractivity contribution in [3.8, 4) is 0 Å². The van der Waals surface area contributed by atoms with Gasteiger partial charge in [-0.1, -0.05) is 78.2 Å². The fraction of sp³-hybridized carbons (Fsp3) is 0.567. The molecular formula is C30H39BrN2O6. The number of carbonyl (C=O) groups is 3. The number of rotatable bonds is 14. The van der Waals surface area contributed by atoms with Crippen LogP contribution in [0.2, 0.25) is 0 Å². The van der Waals surface area contributed by atoms with Crippen molar-refractivity contribution < 1.29 is 29.0 Å². The van der Waals surface area contributed by atoms with E-state index in [4.69, 9.17) is 9.47 Å². The van der Waals surface area contributed by atoms with Gasteiger partial charge in [-0.2, -0.15) is 0 Å². The topological polar surface area (TPSA) is 96.4 Å². The lowest BCUT2D eigenvalue weighted by molar-refractivity contribution is -0.156. The van der Waals surface area contributed by atoms with E-state index in [-0.39, 0.29) is 29.9 Å². The first kappa shape index (κ1) is 29.5. The van der Waals surface area contributed by atoms with Crippen molar-refractivity contribution in [1.82, 2.24) is 9.80 Å². The second-order valence-corrected chi connectivity index (χ2v) is 11.7. The van der Waals surface area contributed by atoms with Crippen LogP contribution in [0.5, 0.6) is 0 Å². The number of benzene rings is 1. The van der Waals surface area contributed by atoms with E-state index >= 15 is 0 Å². The lowest BCUT2D eigenvalue weighted by atomic mass is 9.70. The number of amides is 2. The summed E-state index contributed by atoms with van der Waals surface area (Å²) < 4.78 is 12.1. The number of ether oxygens (including phenoxy) is 2. The van der Waals surface area contributed by atoms with Gasteiger partial charge in [0.15, 0.2) is 0 Å². The monoisotopic (exact) mass is 602 g/mol. The summed E-state index contributed by atoms with van der Waals surface area (Å²) in [5.41, 5.74) is -0.513. The van der Waals surface area contributed by atoms with E-state index in [0.29, 0.717) is 31.5 Å². The van der Waals surface area contributed by atoms with Crippen molar-refractivity contribution in [1.29, 1.82) is 0 Å². The number of fused-ring (bicyclic) bond motifs is 1. The van der Waals surface area contributed by atoms with Crippen LogP contribution in [0.3, 0.4) is 0 Å². The summed E-state index contributed by atoms with van der Waals surface area (Å²) in [6, 6.07) is 7.40. The number of nitrogens with zero attached hydrogens (tertiary/aromatic N) is 2. The molecule has 212 valence electrons. The van der Waals surface area contributed by atoms with Crippen molar-refractivity contribution in [3.05, 3.63) is 61.2 Å². The Morgan fingerprint density at radius 3 is 2.67 bits per heavy atom. The van der Waals surface area contributed by atoms with Crippen LogP contribution in [0.1, 0.15) is 50.6 Å². The predicted octanol–water partition coefficient (Wildman–Crippen LogP) is 3.79. The number of aliphatic hydroxyl groups excluding tert-OH is 1. The van der Waals surface area contributed by atoms with Crippen molar-refractivity contribution in [2.24, 2.45) is 11.8 Å². The molecule has 4 rings (SSSR count). The molecule has 2 amide bonds. The largest absolute Gasteiger partial charge is 0.465 e. The highest BCUT2D eigenvalue weighted by Crippen LogP contribution is 2.61. The summed E-state index contributed by atoms with van der Waals surface area (Å²) in [4.78, 5) is 45.1. The standard InChI is InChI=1S/C30H39BrN2O6/c1-4-7-12-16-32(15-6-3)28(36)26-30-18-21(31)25(39-30)23(29(37)38-17-8-5-2)24(30)27(35)33(26)22(19-34)20-13-10-9-11-14-20/h5-6,9-11,13-14,21-26,34H,2-4,7-8,12,15-19H2,1H3/t21?,22-,23+,24+,25+,26?,30?/m1/s1. The summed E-state index contributed by atoms with van der Waals surface area (Å²) in [5.74, 6) is -2.87. The minimum absolute atomic E-state index is 0.159. The van der Waals surface area contributed by atoms with E-state index in [0.717, 1.165) is 19.3 Å². The van der Waals surface area contributed by atoms with Crippen LogP contribution in [0.15, 0.2) is 55.6 Å². The third-order valence-corrected chi connectivity index (χ3v) is 9.03. The molecule has 3 heterocycles. The van der Waals surface area contributed by atoms with Crippen LogP contribution in [-0.4, -0.2) is 81.6 Å². The number of unbranched alkanes of at least 4 members (excludes halogenated alkanes) is 2. The van der Waals surface area contributed by atoms with Crippen molar-refractivity contribution >= 4 is 33.7 Å². The highest BCUT2D eigenvalue weighted by atomic mass is 79.9. The van der Waals surface area contributed by atoms with Gasteiger partial charge in [0.2, 0.25) is 11.8 Å². The Balaban J connectivity index is 1.79. The molecule has 3 aliphatic rings. The molecule has 3 aliphatic heterocycles. The summed E-state index contributed by atoms with van der Waals surface area (Å²) >= 11 is 3.68. The molecule has 8 nitrogen and oxygen atoms in total. The van der Waals surface area contributed by atoms with E-state index in [2.05, 4.69) is 36.0 Å². The zero-order valence-corrected chi connectivity index (χ0v) is 24.1. The molecule has 3 fully saturated rings. The molecule has 3 unspecified atom stereocenters. The fourth-order valence-electron chi connectivity index (χ4n) is 6.49. The van der Waals surface area contributed by atoms with Crippen molar-refractivity contribution in [3.63, 3.8) is 0 Å². The number of hydrogen-bond acceptors (Lipinski definition) is 6. The molecule has 1 aromatic carbocycles. The van der Waals surface area contributed by atoms with E-state index in [1.165, 1.54) is 4.90 Å². The molecule has 0 radical (unpaired) electrons. The van der Waals surface area contributed by atoms with Gasteiger partial charge in [-0.05, 0) is 24.8 Å². The number of alkyl halides is 1. The van der Waals surface area contributed by atoms with E-state index in [9.17, 15) is 19.5 Å². The van der Waals surface area contributed by atoms with Gasteiger partial charge in [0.05, 0.1) is 37.2 Å². The van der Waals surface area contributed by atoms with Crippen LogP contribution < -0.4 is 0 Å². The minimum Gasteiger partial charge on any atom is -0.465 e. The Bertz CT molecular complexity index is 1070. The maximum Gasteiger partial charge on any atom is 0.312 e. The maximum atomic E-state index is 14.4. The number of aliphatic hydroxyl groups is 1. The summed E-state index contributed by atoms with van der Waals surface area (Å²) in [5, 5.41) is 10.6. The van der Waals surface area contributed by atoms with Gasteiger partial charge >= 0.3 is 5.97 Å². The summed E-state index contributed by atoms with van der Waals surface area (Å²) in [6.45, 7) is 10.2. The SMILES string of the molecule is C=CCCOC(=O)[C@H]1[C@H]2C(=O)N([C@H](CO)c3ccccc3)C(C(=O)N(CC=C)CCCCC)C23CC(Br)[C@@H]1O3. The average molecular weight is 604 g/mol. The van der Waals surface area contributed by atoms with Crippen LogP contribution in [0.25, 0.3) is 0 Å². The molecular weight excluding hydrogens is 564 g/mol. The molecule has 9 heteroatoms. The Morgan fingerprint density at radius 1 is 1.28 bits per heavy atom. The highest BCUT2D eigenvalue weighted by Gasteiger charge is 2.77. The molecule has 0 aromatic heterocycles. The Kier molecular flexibility index (Phi) is 9.67. The molecule has 2 bridgehead atoms. The van der Waals surface area contributed by atoms with Gasteiger partial charge in [-0.3, -0.25) is 14.4 Å². The molecule has 1 spiro atoms. The third kappa shape index (κ3) is 5.33. The maximum absolute atomic E-state index is 14.4. The van der Waals surface area contributed by atoms with Gasteiger partial charge in [0.1, 0.15) is 11.6 Å². The van der Waals surface area contributed by atoms with Crippen molar-refractivity contribution in [2.45, 2.75) is 67.6 Å². The summed E-state index contributed by atoms with van der Waals surface area (Å²) in [6.07, 6.45) is 6.42. The lowest BCUT2D eigenvalue weighted by Gasteiger charge is -2.39. The van der Waals surface area contributed by atoms with Gasteiger partial charge < -0.3 is 24.4 Å². The minimum atomic E-state index is -1.22. The number of likely N-dealkylation sites (tertiary alicyclic amines) is 1. The Labute approximate surface area is 239 Å². The molecule has 0 aliphatic carbocycles. The first-order valence-corrected chi connectivity index (χ1v) is 14.7. The first-order valence-electron chi connectivity index (χ1n) is 13.8. The number of halogens is 1. The predicted molar refractivity (Wildman–Crippen MR) is 151 cm³/mol. The van der Waals surface area contributed by atoms with E-state index < -0.39 is 41.6 Å². The van der Waals surface area contributed by atoms with Crippen molar-refractivity contribution in [2.75, 3.05) is 26.3 Å². The zero-order valence-electron chi connectivity index (χ0n) is 22.5. The van der Waals surface area contributed by atoms with Gasteiger partial charge in [0.25, 0.3) is 0 Å². The quantitative estimate of drug-likeness (QED) is 0.151. The second kappa shape index (κ2) is 12.8. The van der Waals surface area contributed by atoms with Crippen LogP contribution in [0, 0.1) is 11.8 Å². The smallest absolute Gasteiger partial charge is 0.312 e. The third-order valence-electron chi connectivity index (χ3n) is 8.19. The van der Waals surface area contributed by atoms with Crippen LogP contribution in [-0.2, 0) is 23.9 Å². The molecule has 3 saturated heterocycles. The molecule has 1 aromatic rings. The fourth-order valence-corrected chi connectivity index (χ4v) is 7.44. The van der Waals surface area contributed by atoms with Gasteiger partial charge in [-0.15, -0.1) is 13.2 Å². The number of carbonyl (C=O) groups excluding carboxylic acids is 3. The highest BCUT2D eigenvalue weighted by molar-refractivity contribution is 9.09.